The van der Waals surface area contributed by atoms with Gasteiger partial charge in [-0.05, 0) is 0 Å². The molecule has 0 amide bonds. The van der Waals surface area contributed by atoms with Gasteiger partial charge in [0, 0.05) is 37.2 Å². The van der Waals surface area contributed by atoms with Gasteiger partial charge in [0.15, 0.2) is 0 Å². The summed E-state index contributed by atoms with van der Waals surface area (Å²) in [7, 11) is 0. The molecule has 126 valence electrons. The van der Waals surface area contributed by atoms with Gasteiger partial charge >= 0.3 is 29.7 Å². The topological polar surface area (TPSA) is 130 Å². The van der Waals surface area contributed by atoms with Crippen molar-refractivity contribution in [3.63, 3.8) is 0 Å². The van der Waals surface area contributed by atoms with E-state index in [1.165, 1.54) is 0 Å². The standard InChI is InChI=1S/3C3H4N2.4ClH.NO.Ru/c3*1-2-5-3-4-1;;;;;1-2;/h3*1-3H,(H,4,5);4*1H;;/q;;;;;;;+1;+2/p-4. The number of hydrogen-bond donors (Lipinski definition) is 3. The van der Waals surface area contributed by atoms with Crippen LogP contribution in [0.1, 0.15) is 0 Å². The second-order valence-corrected chi connectivity index (χ2v) is 2.28. The third kappa shape index (κ3) is 31.5. The fourth-order valence-corrected chi connectivity index (χ4v) is 0.645. The van der Waals surface area contributed by atoms with Crippen LogP contribution in [0.15, 0.2) is 56.2 Å². The third-order valence-corrected chi connectivity index (χ3v) is 1.22. The number of nitrogens with zero attached hydrogens (tertiary/aromatic N) is 4. The number of halogens is 4. The van der Waals surface area contributed by atoms with Crippen LogP contribution in [-0.4, -0.2) is 29.9 Å². The summed E-state index contributed by atoms with van der Waals surface area (Å²) in [4.78, 5) is 19.2. The average Bonchev–Trinajstić information content (AvgIpc) is 3.16. The van der Waals surface area contributed by atoms with E-state index in [0.717, 1.165) is 0 Å². The molecule has 3 aromatic rings. The first-order valence-corrected chi connectivity index (χ1v) is 4.46. The van der Waals surface area contributed by atoms with Gasteiger partial charge < -0.3 is 64.6 Å². The summed E-state index contributed by atoms with van der Waals surface area (Å²) in [6, 6.07) is 0. The van der Waals surface area contributed by atoms with Gasteiger partial charge in [-0.25, -0.2) is 15.0 Å². The van der Waals surface area contributed by atoms with Crippen molar-refractivity contribution in [1.82, 2.24) is 29.9 Å². The molecule has 13 heteroatoms. The molecule has 0 saturated carbocycles. The summed E-state index contributed by atoms with van der Waals surface area (Å²) >= 11 is 0. The summed E-state index contributed by atoms with van der Waals surface area (Å²) in [5, 5.41) is 0. The Kier molecular flexibility index (Phi) is 62.7. The Morgan fingerprint density at radius 2 is 0.818 bits per heavy atom. The van der Waals surface area contributed by atoms with Crippen molar-refractivity contribution in [2.24, 2.45) is 0 Å². The number of aromatic amines is 3. The Hall–Kier alpha value is -0.917. The molecule has 0 aliphatic carbocycles. The van der Waals surface area contributed by atoms with Crippen molar-refractivity contribution in [2.75, 3.05) is 0 Å². The van der Waals surface area contributed by atoms with Gasteiger partial charge in [0.05, 0.1) is 19.0 Å². The fraction of sp³-hybridized carbons (Fsp3) is 0. The maximum absolute atomic E-state index is 7.25. The number of imidazole rings is 3. The number of hydrogen-bond acceptors (Lipinski definition) is 4. The molecule has 3 rings (SSSR count). The van der Waals surface area contributed by atoms with E-state index in [1.807, 2.05) is 0 Å². The quantitative estimate of drug-likeness (QED) is 0.220. The maximum Gasteiger partial charge on any atom is 2.00 e. The second kappa shape index (κ2) is 36.9. The molecule has 3 N–H and O–H groups in total. The summed E-state index contributed by atoms with van der Waals surface area (Å²) in [5.74, 6) is 0. The van der Waals surface area contributed by atoms with Crippen LogP contribution in [0.3, 0.4) is 0 Å². The van der Waals surface area contributed by atoms with Gasteiger partial charge in [-0.1, -0.05) is 0 Å². The Morgan fingerprint density at radius 1 is 0.591 bits per heavy atom. The summed E-state index contributed by atoms with van der Waals surface area (Å²) < 4.78 is 7.25. The first-order valence-electron chi connectivity index (χ1n) is 4.46. The van der Waals surface area contributed by atoms with Crippen molar-refractivity contribution in [1.29, 1.82) is 5.46 Å². The molecule has 3 heterocycles. The Balaban J connectivity index is -0.0000000373. The van der Waals surface area contributed by atoms with Crippen LogP contribution in [0.2, 0.25) is 0 Å². The van der Waals surface area contributed by atoms with E-state index in [-0.39, 0.29) is 69.1 Å². The number of aromatic nitrogens is 6. The molecule has 0 fully saturated rings. The summed E-state index contributed by atoms with van der Waals surface area (Å²) in [6.45, 7) is 0. The van der Waals surface area contributed by atoms with Crippen LogP contribution in [-0.2, 0) is 24.3 Å². The van der Waals surface area contributed by atoms with Gasteiger partial charge in [-0.2, -0.15) is 0 Å². The second-order valence-electron chi connectivity index (χ2n) is 2.28. The Bertz CT molecular complexity index is 310. The largest absolute Gasteiger partial charge is 2.00 e. The van der Waals surface area contributed by atoms with E-state index < -0.39 is 0 Å². The molecule has 22 heavy (non-hydrogen) atoms. The minimum absolute atomic E-state index is 0. The van der Waals surface area contributed by atoms with Crippen molar-refractivity contribution in [3.8, 4) is 0 Å². The predicted octanol–water partition coefficient (Wildman–Crippen LogP) is -10.9. The van der Waals surface area contributed by atoms with Crippen LogP contribution in [0.5, 0.6) is 0 Å². The smallest absolute Gasteiger partial charge is 1.00 e. The Morgan fingerprint density at radius 3 is 0.864 bits per heavy atom. The van der Waals surface area contributed by atoms with Crippen molar-refractivity contribution in [2.45, 2.75) is 0 Å². The number of nitrogens with one attached hydrogen (secondary N) is 3. The van der Waals surface area contributed by atoms with Crippen molar-refractivity contribution in [3.05, 3.63) is 56.2 Å². The minimum Gasteiger partial charge on any atom is -1.00 e. The molecule has 0 aromatic carbocycles. The zero-order valence-corrected chi connectivity index (χ0v) is 15.5. The normalized spacial score (nSPS) is 5.55. The molecule has 0 aliphatic heterocycles. The van der Waals surface area contributed by atoms with E-state index in [1.54, 1.807) is 56.2 Å². The molecule has 0 bridgehead atoms. The molecule has 8 nitrogen and oxygen atoms in total. The van der Waals surface area contributed by atoms with Gasteiger partial charge in [-0.15, -0.1) is 0 Å². The molecule has 0 atom stereocenters. The van der Waals surface area contributed by atoms with Gasteiger partial charge in [0.1, 0.15) is 0 Å². The van der Waals surface area contributed by atoms with E-state index in [9.17, 15) is 0 Å². The van der Waals surface area contributed by atoms with Gasteiger partial charge in [0.25, 0.3) is 0 Å². The molecule has 0 aliphatic rings. The van der Waals surface area contributed by atoms with Crippen LogP contribution < -0.4 is 49.6 Å². The molecule has 3 aromatic heterocycles. The SMILES string of the molecule is N#[O+].[Cl-].[Cl-].[Cl-].[Cl-].[Ru+2].c1c[nH]cn1.c1c[nH]cn1.c1c[nH]cn1. The Labute approximate surface area is 165 Å². The predicted molar refractivity (Wildman–Crippen MR) is 58.2 cm³/mol. The maximum atomic E-state index is 7.25. The molecular weight excluding hydrogens is 465 g/mol. The van der Waals surface area contributed by atoms with Crippen LogP contribution in [0.25, 0.3) is 0 Å². The molecule has 0 saturated heterocycles. The van der Waals surface area contributed by atoms with Gasteiger partial charge in [-0.3, -0.25) is 0 Å². The first-order chi connectivity index (χ1) is 8.50. The van der Waals surface area contributed by atoms with Crippen LogP contribution in [0.4, 0.5) is 0 Å². The monoisotopic (exact) mass is 476 g/mol. The van der Waals surface area contributed by atoms with E-state index >= 15 is 0 Å². The zero-order valence-electron chi connectivity index (χ0n) is 10.8. The van der Waals surface area contributed by atoms with E-state index in [4.69, 9.17) is 10.2 Å². The molecule has 0 spiro atoms. The zero-order chi connectivity index (χ0) is 12.6. The number of rotatable bonds is 0. The molecular formula is C9H12Cl4N7ORu-. The minimum atomic E-state index is 0. The number of H-pyrrole nitrogens is 3. The average molecular weight is 477 g/mol. The van der Waals surface area contributed by atoms with Crippen LogP contribution in [0, 0.1) is 5.46 Å². The molecule has 0 radical (unpaired) electrons. The first kappa shape index (κ1) is 37.4. The van der Waals surface area contributed by atoms with Crippen molar-refractivity contribution >= 4 is 0 Å². The van der Waals surface area contributed by atoms with E-state index in [0.29, 0.717) is 0 Å². The summed E-state index contributed by atoms with van der Waals surface area (Å²) in [5.41, 5.74) is 5.75. The molecule has 0 unspecified atom stereocenters. The van der Waals surface area contributed by atoms with Crippen LogP contribution >= 0.6 is 0 Å². The fourth-order valence-electron chi connectivity index (χ4n) is 0.645. The third-order valence-electron chi connectivity index (χ3n) is 1.22. The van der Waals surface area contributed by atoms with Gasteiger partial charge in [0.2, 0.25) is 0 Å². The summed E-state index contributed by atoms with van der Waals surface area (Å²) in [6.07, 6.45) is 15.2. The van der Waals surface area contributed by atoms with E-state index in [2.05, 4.69) is 29.9 Å². The van der Waals surface area contributed by atoms with Crippen molar-refractivity contribution < 1.29 is 73.9 Å².